The van der Waals surface area contributed by atoms with Gasteiger partial charge in [-0.15, -0.1) is 0 Å². The second-order valence-electron chi connectivity index (χ2n) is 7.28. The van der Waals surface area contributed by atoms with Crippen LogP contribution < -0.4 is 19.9 Å². The van der Waals surface area contributed by atoms with E-state index in [4.69, 9.17) is 24.7 Å². The average Bonchev–Trinajstić information content (AvgIpc) is 2.86. The quantitative estimate of drug-likeness (QED) is 0.394. The molecule has 0 bridgehead atoms. The number of rotatable bonds is 8. The lowest BCUT2D eigenvalue weighted by Crippen LogP contribution is -2.21. The van der Waals surface area contributed by atoms with E-state index in [0.29, 0.717) is 28.6 Å². The van der Waals surface area contributed by atoms with Gasteiger partial charge in [-0.25, -0.2) is 9.78 Å². The molecule has 0 amide bonds. The first kappa shape index (κ1) is 22.0. The van der Waals surface area contributed by atoms with E-state index in [1.54, 1.807) is 37.6 Å². The number of fused-ring (bicyclic) bond motifs is 1. The van der Waals surface area contributed by atoms with Gasteiger partial charge in [0.25, 0.3) is 0 Å². The summed E-state index contributed by atoms with van der Waals surface area (Å²) < 4.78 is 22.4. The number of aromatic nitrogens is 1. The molecule has 4 aromatic rings. The molecule has 1 atom stereocenters. The number of carbonyl (C=O) groups is 1. The highest BCUT2D eigenvalue weighted by molar-refractivity contribution is 5.91. The summed E-state index contributed by atoms with van der Waals surface area (Å²) in [6.07, 6.45) is 0.603. The molecule has 168 valence electrons. The molecular weight excluding hydrogens is 420 g/mol. The van der Waals surface area contributed by atoms with Crippen LogP contribution in [0.15, 0.2) is 79.0 Å². The Hall–Kier alpha value is -4.26. The van der Waals surface area contributed by atoms with Crippen molar-refractivity contribution in [1.29, 1.82) is 0 Å². The third-order valence-electron chi connectivity index (χ3n) is 5.17. The summed E-state index contributed by atoms with van der Waals surface area (Å²) >= 11 is 0. The highest BCUT2D eigenvalue weighted by Crippen LogP contribution is 2.33. The molecule has 0 saturated heterocycles. The Kier molecular flexibility index (Phi) is 6.59. The van der Waals surface area contributed by atoms with Gasteiger partial charge >= 0.3 is 5.97 Å². The Labute approximate surface area is 191 Å². The minimum atomic E-state index is -1.02. The van der Waals surface area contributed by atoms with Gasteiger partial charge in [-0.1, -0.05) is 36.4 Å². The molecule has 0 saturated carbocycles. The first-order valence-corrected chi connectivity index (χ1v) is 10.3. The van der Waals surface area contributed by atoms with Gasteiger partial charge in [-0.05, 0) is 47.3 Å². The van der Waals surface area contributed by atoms with Crippen molar-refractivity contribution in [3.63, 3.8) is 0 Å². The van der Waals surface area contributed by atoms with Crippen LogP contribution in [0.5, 0.6) is 17.2 Å². The summed E-state index contributed by atoms with van der Waals surface area (Å²) in [5, 5.41) is 1.66. The number of esters is 1. The summed E-state index contributed by atoms with van der Waals surface area (Å²) in [4.78, 5) is 17.2. The van der Waals surface area contributed by atoms with Crippen LogP contribution >= 0.6 is 0 Å². The predicted octanol–water partition coefficient (Wildman–Crippen LogP) is 4.70. The number of hydrogen-bond donors (Lipinski definition) is 1. The van der Waals surface area contributed by atoms with E-state index >= 15 is 0 Å². The van der Waals surface area contributed by atoms with Crippen molar-refractivity contribution < 1.29 is 23.7 Å². The van der Waals surface area contributed by atoms with Gasteiger partial charge in [0.15, 0.2) is 11.5 Å². The van der Waals surface area contributed by atoms with Crippen molar-refractivity contribution in [2.75, 3.05) is 20.0 Å². The van der Waals surface area contributed by atoms with E-state index in [-0.39, 0.29) is 6.61 Å². The van der Waals surface area contributed by atoms with E-state index < -0.39 is 12.1 Å². The lowest BCUT2D eigenvalue weighted by Gasteiger charge is -2.20. The van der Waals surface area contributed by atoms with Gasteiger partial charge in [-0.3, -0.25) is 0 Å². The van der Waals surface area contributed by atoms with Crippen LogP contribution in [0.4, 0.5) is 5.82 Å². The standard InChI is InChI=1S/C26H24N2O5/c1-30-22-11-8-19(15-23(22)31-2)24(26(29)32-16-17-6-4-3-5-7-17)33-20-9-10-21-18(14-20)12-13-28-25(21)27/h3-15,24H,16H2,1-2H3,(H2,27,28). The third-order valence-corrected chi connectivity index (χ3v) is 5.17. The molecule has 3 aromatic carbocycles. The molecule has 7 nitrogen and oxygen atoms in total. The molecule has 0 spiro atoms. The Morgan fingerprint density at radius 1 is 0.939 bits per heavy atom. The Bertz CT molecular complexity index is 1260. The number of methoxy groups -OCH3 is 2. The SMILES string of the molecule is COc1ccc(C(Oc2ccc3c(N)nccc3c2)C(=O)OCc2ccccc2)cc1OC. The molecule has 1 heterocycles. The van der Waals surface area contributed by atoms with Crippen LogP contribution in [0.2, 0.25) is 0 Å². The highest BCUT2D eigenvalue weighted by Gasteiger charge is 2.26. The predicted molar refractivity (Wildman–Crippen MR) is 125 cm³/mol. The maximum absolute atomic E-state index is 13.1. The molecule has 1 aromatic heterocycles. The van der Waals surface area contributed by atoms with E-state index in [1.165, 1.54) is 7.11 Å². The lowest BCUT2D eigenvalue weighted by atomic mass is 10.1. The van der Waals surface area contributed by atoms with Crippen molar-refractivity contribution >= 4 is 22.6 Å². The first-order chi connectivity index (χ1) is 16.1. The van der Waals surface area contributed by atoms with Crippen molar-refractivity contribution in [1.82, 2.24) is 4.98 Å². The van der Waals surface area contributed by atoms with Gasteiger partial charge in [0.05, 0.1) is 14.2 Å². The van der Waals surface area contributed by atoms with Gasteiger partial charge in [-0.2, -0.15) is 0 Å². The number of nitrogens with two attached hydrogens (primary N) is 1. The maximum Gasteiger partial charge on any atom is 0.352 e. The highest BCUT2D eigenvalue weighted by atomic mass is 16.6. The van der Waals surface area contributed by atoms with E-state index in [0.717, 1.165) is 16.3 Å². The molecule has 1 unspecified atom stereocenters. The van der Waals surface area contributed by atoms with Crippen molar-refractivity contribution in [3.8, 4) is 17.2 Å². The van der Waals surface area contributed by atoms with Crippen LogP contribution in [-0.2, 0) is 16.1 Å². The number of pyridine rings is 1. The summed E-state index contributed by atoms with van der Waals surface area (Å²) in [5.74, 6) is 1.42. The molecule has 2 N–H and O–H groups in total. The van der Waals surface area contributed by atoms with Crippen LogP contribution in [-0.4, -0.2) is 25.2 Å². The lowest BCUT2D eigenvalue weighted by molar-refractivity contribution is -0.153. The average molecular weight is 444 g/mol. The van der Waals surface area contributed by atoms with Crippen LogP contribution in [0.3, 0.4) is 0 Å². The third kappa shape index (κ3) is 4.98. The second-order valence-corrected chi connectivity index (χ2v) is 7.28. The van der Waals surface area contributed by atoms with E-state index in [9.17, 15) is 4.79 Å². The van der Waals surface area contributed by atoms with Gasteiger partial charge < -0.3 is 24.7 Å². The summed E-state index contributed by atoms with van der Waals surface area (Å²) in [7, 11) is 3.09. The monoisotopic (exact) mass is 444 g/mol. The van der Waals surface area contributed by atoms with Crippen LogP contribution in [0.1, 0.15) is 17.2 Å². The zero-order valence-corrected chi connectivity index (χ0v) is 18.4. The van der Waals surface area contributed by atoms with Gasteiger partial charge in [0.1, 0.15) is 18.2 Å². The number of ether oxygens (including phenoxy) is 4. The van der Waals surface area contributed by atoms with Gasteiger partial charge in [0, 0.05) is 17.1 Å². The minimum Gasteiger partial charge on any atom is -0.493 e. The number of anilines is 1. The first-order valence-electron chi connectivity index (χ1n) is 10.3. The minimum absolute atomic E-state index is 0.132. The molecule has 0 aliphatic heterocycles. The van der Waals surface area contributed by atoms with Crippen molar-refractivity contribution in [2.24, 2.45) is 0 Å². The van der Waals surface area contributed by atoms with Crippen molar-refractivity contribution in [2.45, 2.75) is 12.7 Å². The van der Waals surface area contributed by atoms with Crippen LogP contribution in [0.25, 0.3) is 10.8 Å². The smallest absolute Gasteiger partial charge is 0.352 e. The zero-order chi connectivity index (χ0) is 23.2. The summed E-state index contributed by atoms with van der Waals surface area (Å²) in [6, 6.07) is 21.8. The molecule has 4 rings (SSSR count). The number of nitrogens with zero attached hydrogens (tertiary/aromatic N) is 1. The fraction of sp³-hybridized carbons (Fsp3) is 0.154. The molecule has 0 aliphatic carbocycles. The fourth-order valence-corrected chi connectivity index (χ4v) is 3.46. The number of benzene rings is 3. The van der Waals surface area contributed by atoms with E-state index in [2.05, 4.69) is 4.98 Å². The van der Waals surface area contributed by atoms with Gasteiger partial charge in [0.2, 0.25) is 6.10 Å². The maximum atomic E-state index is 13.1. The molecular formula is C26H24N2O5. The number of carbonyl (C=O) groups excluding carboxylic acids is 1. The van der Waals surface area contributed by atoms with Crippen molar-refractivity contribution in [3.05, 3.63) is 90.1 Å². The number of hydrogen-bond acceptors (Lipinski definition) is 7. The largest absolute Gasteiger partial charge is 0.493 e. The fourth-order valence-electron chi connectivity index (χ4n) is 3.46. The zero-order valence-electron chi connectivity index (χ0n) is 18.4. The second kappa shape index (κ2) is 9.91. The van der Waals surface area contributed by atoms with Crippen LogP contribution in [0, 0.1) is 0 Å². The Morgan fingerprint density at radius 3 is 2.48 bits per heavy atom. The molecule has 0 fully saturated rings. The summed E-state index contributed by atoms with van der Waals surface area (Å²) in [5.41, 5.74) is 7.40. The molecule has 0 aliphatic rings. The Morgan fingerprint density at radius 2 is 1.73 bits per heavy atom. The molecule has 33 heavy (non-hydrogen) atoms. The Balaban J connectivity index is 1.65. The number of nitrogen functional groups attached to an aromatic ring is 1. The molecule has 7 heteroatoms. The summed E-state index contributed by atoms with van der Waals surface area (Å²) in [6.45, 7) is 0.132. The molecule has 0 radical (unpaired) electrons. The normalized spacial score (nSPS) is 11.6. The topological polar surface area (TPSA) is 92.9 Å². The van der Waals surface area contributed by atoms with E-state index in [1.807, 2.05) is 48.5 Å².